The van der Waals surface area contributed by atoms with E-state index < -0.39 is 35.1 Å². The maximum atomic E-state index is 14.6. The highest BCUT2D eigenvalue weighted by molar-refractivity contribution is 6.51. The standard InChI is InChI=1S/C25H19F2NO4/c1-14-12-17(32-2)9-10-18(14)23(29)21-22(15-6-4-3-5-7-15)28(25(31)24(21)30)20-13-16(26)8-11-19(20)27/h3-13,22,29H,1-2H3/b23-21-. The normalized spacial score (nSPS) is 17.6. The van der Waals surface area contributed by atoms with E-state index in [1.54, 1.807) is 55.5 Å². The molecule has 0 radical (unpaired) electrons. The van der Waals surface area contributed by atoms with E-state index in [0.717, 1.165) is 23.1 Å². The van der Waals surface area contributed by atoms with Crippen LogP contribution in [0, 0.1) is 18.6 Å². The van der Waals surface area contributed by atoms with Crippen molar-refractivity contribution in [1.82, 2.24) is 0 Å². The number of carbonyl (C=O) groups is 2. The van der Waals surface area contributed by atoms with Gasteiger partial charge in [0.25, 0.3) is 11.7 Å². The van der Waals surface area contributed by atoms with Crippen LogP contribution in [-0.2, 0) is 9.59 Å². The Balaban J connectivity index is 1.97. The van der Waals surface area contributed by atoms with Crippen LogP contribution >= 0.6 is 0 Å². The Morgan fingerprint density at radius 2 is 1.72 bits per heavy atom. The summed E-state index contributed by atoms with van der Waals surface area (Å²) in [6.07, 6.45) is 0. The van der Waals surface area contributed by atoms with Gasteiger partial charge in [-0.1, -0.05) is 30.3 Å². The number of ketones is 1. The second-order valence-corrected chi connectivity index (χ2v) is 7.36. The number of hydrogen-bond acceptors (Lipinski definition) is 4. The van der Waals surface area contributed by atoms with Crippen LogP contribution < -0.4 is 9.64 Å². The van der Waals surface area contributed by atoms with Gasteiger partial charge in [0.05, 0.1) is 24.4 Å². The first-order chi connectivity index (χ1) is 15.3. The number of Topliss-reactive ketones (excluding diaryl/α,β-unsaturated/α-hetero) is 1. The van der Waals surface area contributed by atoms with Gasteiger partial charge in [-0.3, -0.25) is 14.5 Å². The summed E-state index contributed by atoms with van der Waals surface area (Å²) >= 11 is 0. The second-order valence-electron chi connectivity index (χ2n) is 7.36. The number of methoxy groups -OCH3 is 1. The summed E-state index contributed by atoms with van der Waals surface area (Å²) in [5.41, 5.74) is 0.800. The van der Waals surface area contributed by atoms with Crippen molar-refractivity contribution < 1.29 is 28.2 Å². The van der Waals surface area contributed by atoms with E-state index in [1.807, 2.05) is 0 Å². The number of carbonyl (C=O) groups excluding carboxylic acids is 2. The average molecular weight is 435 g/mol. The molecule has 1 aliphatic rings. The molecule has 32 heavy (non-hydrogen) atoms. The van der Waals surface area contributed by atoms with Crippen LogP contribution in [0.3, 0.4) is 0 Å². The van der Waals surface area contributed by atoms with Crippen LogP contribution in [0.25, 0.3) is 5.76 Å². The van der Waals surface area contributed by atoms with Crippen molar-refractivity contribution in [3.8, 4) is 5.75 Å². The number of halogens is 2. The highest BCUT2D eigenvalue weighted by Crippen LogP contribution is 2.43. The fourth-order valence-electron chi connectivity index (χ4n) is 3.88. The molecule has 0 aliphatic carbocycles. The van der Waals surface area contributed by atoms with Gasteiger partial charge < -0.3 is 9.84 Å². The number of benzene rings is 3. The summed E-state index contributed by atoms with van der Waals surface area (Å²) in [6.45, 7) is 1.72. The largest absolute Gasteiger partial charge is 0.507 e. The molecule has 4 rings (SSSR count). The molecular weight excluding hydrogens is 416 g/mol. The summed E-state index contributed by atoms with van der Waals surface area (Å²) in [4.78, 5) is 27.0. The molecule has 1 atom stereocenters. The topological polar surface area (TPSA) is 66.8 Å². The third-order valence-electron chi connectivity index (χ3n) is 5.42. The van der Waals surface area contributed by atoms with E-state index in [-0.39, 0.29) is 11.3 Å². The number of hydrogen-bond donors (Lipinski definition) is 1. The van der Waals surface area contributed by atoms with E-state index >= 15 is 0 Å². The number of aliphatic hydroxyl groups excluding tert-OH is 1. The average Bonchev–Trinajstić information content (AvgIpc) is 3.06. The maximum absolute atomic E-state index is 14.6. The van der Waals surface area contributed by atoms with Crippen molar-refractivity contribution >= 4 is 23.1 Å². The minimum absolute atomic E-state index is 0.210. The molecule has 1 saturated heterocycles. The van der Waals surface area contributed by atoms with E-state index in [0.29, 0.717) is 22.4 Å². The van der Waals surface area contributed by atoms with Gasteiger partial charge in [-0.15, -0.1) is 0 Å². The first-order valence-electron chi connectivity index (χ1n) is 9.79. The summed E-state index contributed by atoms with van der Waals surface area (Å²) in [7, 11) is 1.50. The number of anilines is 1. The van der Waals surface area contributed by atoms with Crippen LogP contribution in [0.1, 0.15) is 22.7 Å². The molecule has 3 aromatic rings. The van der Waals surface area contributed by atoms with E-state index in [4.69, 9.17) is 4.74 Å². The minimum atomic E-state index is -1.14. The van der Waals surface area contributed by atoms with Crippen molar-refractivity contribution in [1.29, 1.82) is 0 Å². The highest BCUT2D eigenvalue weighted by atomic mass is 19.1. The van der Waals surface area contributed by atoms with Gasteiger partial charge in [-0.25, -0.2) is 8.78 Å². The summed E-state index contributed by atoms with van der Waals surface area (Å²) in [6, 6.07) is 14.8. The molecule has 1 amide bonds. The monoisotopic (exact) mass is 435 g/mol. The van der Waals surface area contributed by atoms with Crippen LogP contribution in [0.4, 0.5) is 14.5 Å². The Morgan fingerprint density at radius 3 is 2.38 bits per heavy atom. The molecule has 162 valence electrons. The molecule has 1 fully saturated rings. The van der Waals surface area contributed by atoms with E-state index in [9.17, 15) is 23.5 Å². The number of ether oxygens (including phenoxy) is 1. The van der Waals surface area contributed by atoms with Crippen LogP contribution in [0.5, 0.6) is 5.75 Å². The molecule has 1 aliphatic heterocycles. The molecule has 7 heteroatoms. The predicted molar refractivity (Wildman–Crippen MR) is 115 cm³/mol. The molecule has 3 aromatic carbocycles. The lowest BCUT2D eigenvalue weighted by Gasteiger charge is -2.26. The number of rotatable bonds is 4. The summed E-state index contributed by atoms with van der Waals surface area (Å²) in [5, 5.41) is 11.1. The molecule has 0 aromatic heterocycles. The van der Waals surface area contributed by atoms with Crippen molar-refractivity contribution in [2.24, 2.45) is 0 Å². The summed E-state index contributed by atoms with van der Waals surface area (Å²) in [5.74, 6) is -3.53. The van der Waals surface area contributed by atoms with Crippen LogP contribution in [0.15, 0.2) is 72.3 Å². The Labute approximate surface area is 183 Å². The van der Waals surface area contributed by atoms with Crippen molar-refractivity contribution in [3.05, 3.63) is 101 Å². The van der Waals surface area contributed by atoms with Crippen LogP contribution in [0.2, 0.25) is 0 Å². The SMILES string of the molecule is COc1ccc(/C(O)=C2/C(=O)C(=O)N(c3cc(F)ccc3F)C2c2ccccc2)c(C)c1. The Kier molecular flexibility index (Phi) is 5.48. The molecule has 1 heterocycles. The van der Waals surface area contributed by atoms with Gasteiger partial charge in [-0.2, -0.15) is 0 Å². The van der Waals surface area contributed by atoms with Crippen molar-refractivity contribution in [3.63, 3.8) is 0 Å². The minimum Gasteiger partial charge on any atom is -0.507 e. The van der Waals surface area contributed by atoms with Gasteiger partial charge in [-0.05, 0) is 48.4 Å². The lowest BCUT2D eigenvalue weighted by Crippen LogP contribution is -2.30. The molecule has 1 N–H and O–H groups in total. The lowest BCUT2D eigenvalue weighted by atomic mass is 9.93. The molecule has 0 saturated carbocycles. The van der Waals surface area contributed by atoms with Crippen molar-refractivity contribution in [2.45, 2.75) is 13.0 Å². The third-order valence-corrected chi connectivity index (χ3v) is 5.42. The summed E-state index contributed by atoms with van der Waals surface area (Å²) < 4.78 is 33.8. The van der Waals surface area contributed by atoms with Gasteiger partial charge in [0.2, 0.25) is 0 Å². The van der Waals surface area contributed by atoms with Gasteiger partial charge in [0, 0.05) is 11.6 Å². The second kappa shape index (κ2) is 8.26. The molecule has 0 spiro atoms. The zero-order valence-electron chi connectivity index (χ0n) is 17.3. The molecule has 5 nitrogen and oxygen atoms in total. The van der Waals surface area contributed by atoms with Gasteiger partial charge in [0.15, 0.2) is 0 Å². The predicted octanol–water partition coefficient (Wildman–Crippen LogP) is 4.91. The lowest BCUT2D eigenvalue weighted by molar-refractivity contribution is -0.132. The maximum Gasteiger partial charge on any atom is 0.300 e. The Morgan fingerprint density at radius 1 is 1.00 bits per heavy atom. The fourth-order valence-corrected chi connectivity index (χ4v) is 3.88. The fraction of sp³-hybridized carbons (Fsp3) is 0.120. The Bertz CT molecular complexity index is 1250. The van der Waals surface area contributed by atoms with Crippen molar-refractivity contribution in [2.75, 3.05) is 12.0 Å². The number of aliphatic hydroxyl groups is 1. The van der Waals surface area contributed by atoms with Gasteiger partial charge in [0.1, 0.15) is 23.1 Å². The van der Waals surface area contributed by atoms with Gasteiger partial charge >= 0.3 is 0 Å². The molecule has 1 unspecified atom stereocenters. The number of aryl methyl sites for hydroxylation is 1. The highest BCUT2D eigenvalue weighted by Gasteiger charge is 2.47. The number of amides is 1. The first kappa shape index (κ1) is 21.2. The third kappa shape index (κ3) is 3.51. The van der Waals surface area contributed by atoms with E-state index in [2.05, 4.69) is 0 Å². The molecular formula is C25H19F2NO4. The zero-order valence-corrected chi connectivity index (χ0v) is 17.3. The molecule has 0 bridgehead atoms. The zero-order chi connectivity index (χ0) is 23.0. The van der Waals surface area contributed by atoms with E-state index in [1.165, 1.54) is 7.11 Å². The Hall–Kier alpha value is -4.00. The first-order valence-corrected chi connectivity index (χ1v) is 9.79. The van der Waals surface area contributed by atoms with Crippen LogP contribution in [-0.4, -0.2) is 23.9 Å². The smallest absolute Gasteiger partial charge is 0.300 e. The quantitative estimate of drug-likeness (QED) is 0.359. The number of nitrogens with zero attached hydrogens (tertiary/aromatic N) is 1.